The summed E-state index contributed by atoms with van der Waals surface area (Å²) in [4.78, 5) is 26.5. The van der Waals surface area contributed by atoms with Crippen molar-refractivity contribution >= 4 is 38.7 Å². The number of benzene rings is 1. The predicted molar refractivity (Wildman–Crippen MR) is 104 cm³/mol. The molecule has 2 aromatic heterocycles. The molecule has 1 aliphatic heterocycles. The quantitative estimate of drug-likeness (QED) is 0.519. The van der Waals surface area contributed by atoms with Crippen molar-refractivity contribution in [3.8, 4) is 0 Å². The van der Waals surface area contributed by atoms with Crippen LogP contribution in [-0.2, 0) is 0 Å². The molecule has 0 spiro atoms. The SMILES string of the molecule is Cc1cc2c(N3CCN(c4c(C)cccc4[N+](=O)[O-])CC3)ncnc2s1. The van der Waals surface area contributed by atoms with Gasteiger partial charge in [0.25, 0.3) is 5.69 Å². The monoisotopic (exact) mass is 369 g/mol. The van der Waals surface area contributed by atoms with E-state index in [4.69, 9.17) is 0 Å². The van der Waals surface area contributed by atoms with Gasteiger partial charge >= 0.3 is 0 Å². The summed E-state index contributed by atoms with van der Waals surface area (Å²) in [5, 5.41) is 12.5. The van der Waals surface area contributed by atoms with E-state index in [0.29, 0.717) is 0 Å². The van der Waals surface area contributed by atoms with Crippen molar-refractivity contribution in [1.82, 2.24) is 9.97 Å². The van der Waals surface area contributed by atoms with Gasteiger partial charge in [-0.2, -0.15) is 0 Å². The number of rotatable bonds is 3. The van der Waals surface area contributed by atoms with Crippen LogP contribution in [0, 0.1) is 24.0 Å². The van der Waals surface area contributed by atoms with E-state index in [1.165, 1.54) is 4.88 Å². The molecule has 3 aromatic rings. The molecule has 1 aromatic carbocycles. The third-order valence-corrected chi connectivity index (χ3v) is 5.70. The van der Waals surface area contributed by atoms with Crippen molar-refractivity contribution in [3.63, 3.8) is 0 Å². The molecular formula is C18H19N5O2S. The molecular weight excluding hydrogens is 350 g/mol. The van der Waals surface area contributed by atoms with Crippen molar-refractivity contribution < 1.29 is 4.92 Å². The van der Waals surface area contributed by atoms with Gasteiger partial charge in [0.05, 0.1) is 10.3 Å². The van der Waals surface area contributed by atoms with Crippen LogP contribution in [-0.4, -0.2) is 41.1 Å². The van der Waals surface area contributed by atoms with Gasteiger partial charge in [-0.25, -0.2) is 9.97 Å². The maximum atomic E-state index is 11.4. The molecule has 8 heteroatoms. The Hall–Kier alpha value is -2.74. The predicted octanol–water partition coefficient (Wildman–Crippen LogP) is 3.54. The van der Waals surface area contributed by atoms with Crippen LogP contribution in [0.4, 0.5) is 17.2 Å². The number of aryl methyl sites for hydroxylation is 2. The molecule has 4 rings (SSSR count). The number of nitro benzene ring substituents is 1. The zero-order valence-corrected chi connectivity index (χ0v) is 15.5. The number of nitro groups is 1. The maximum absolute atomic E-state index is 11.4. The number of hydrogen-bond acceptors (Lipinski definition) is 7. The van der Waals surface area contributed by atoms with Gasteiger partial charge in [0.1, 0.15) is 22.7 Å². The average Bonchev–Trinajstić information content (AvgIpc) is 3.02. The van der Waals surface area contributed by atoms with Crippen LogP contribution in [0.2, 0.25) is 0 Å². The van der Waals surface area contributed by atoms with Crippen molar-refractivity contribution in [3.05, 3.63) is 51.1 Å². The molecule has 3 heterocycles. The molecule has 26 heavy (non-hydrogen) atoms. The van der Waals surface area contributed by atoms with E-state index in [0.717, 1.165) is 53.5 Å². The van der Waals surface area contributed by atoms with Gasteiger partial charge in [0.15, 0.2) is 0 Å². The van der Waals surface area contributed by atoms with Gasteiger partial charge in [0.2, 0.25) is 0 Å². The second-order valence-electron chi connectivity index (χ2n) is 6.45. The largest absolute Gasteiger partial charge is 0.362 e. The van der Waals surface area contributed by atoms with Crippen molar-refractivity contribution in [2.45, 2.75) is 13.8 Å². The standard InChI is InChI=1S/C18H19N5O2S/c1-12-4-3-5-15(23(24)25)16(12)21-6-8-22(9-7-21)17-14-10-13(2)26-18(14)20-11-19-17/h3-5,10-11H,6-9H2,1-2H3. The average molecular weight is 369 g/mol. The molecule has 0 saturated carbocycles. The van der Waals surface area contributed by atoms with Crippen LogP contribution in [0.3, 0.4) is 0 Å². The summed E-state index contributed by atoms with van der Waals surface area (Å²) in [5.74, 6) is 0.957. The lowest BCUT2D eigenvalue weighted by Crippen LogP contribution is -2.47. The fourth-order valence-corrected chi connectivity index (χ4v) is 4.40. The summed E-state index contributed by atoms with van der Waals surface area (Å²) in [6, 6.07) is 7.38. The van der Waals surface area contributed by atoms with Gasteiger partial charge < -0.3 is 9.80 Å². The highest BCUT2D eigenvalue weighted by molar-refractivity contribution is 7.18. The summed E-state index contributed by atoms with van der Waals surface area (Å²) in [6.45, 7) is 6.99. The third-order valence-electron chi connectivity index (χ3n) is 4.74. The molecule has 0 amide bonds. The van der Waals surface area contributed by atoms with E-state index < -0.39 is 0 Å². The summed E-state index contributed by atoms with van der Waals surface area (Å²) in [7, 11) is 0. The number of piperazine rings is 1. The van der Waals surface area contributed by atoms with Crippen molar-refractivity contribution in [2.75, 3.05) is 36.0 Å². The first kappa shape index (κ1) is 16.7. The van der Waals surface area contributed by atoms with Gasteiger partial charge in [-0.3, -0.25) is 10.1 Å². The Balaban J connectivity index is 1.59. The molecule has 1 aliphatic rings. The topological polar surface area (TPSA) is 75.4 Å². The van der Waals surface area contributed by atoms with Crippen LogP contribution in [0.15, 0.2) is 30.6 Å². The minimum atomic E-state index is -0.295. The highest BCUT2D eigenvalue weighted by Gasteiger charge is 2.26. The van der Waals surface area contributed by atoms with Gasteiger partial charge in [-0.1, -0.05) is 12.1 Å². The lowest BCUT2D eigenvalue weighted by atomic mass is 10.1. The molecule has 0 atom stereocenters. The molecule has 7 nitrogen and oxygen atoms in total. The van der Waals surface area contributed by atoms with E-state index >= 15 is 0 Å². The number of hydrogen-bond donors (Lipinski definition) is 0. The fraction of sp³-hybridized carbons (Fsp3) is 0.333. The Morgan fingerprint density at radius 1 is 1.12 bits per heavy atom. The van der Waals surface area contributed by atoms with Crippen LogP contribution in [0.5, 0.6) is 0 Å². The fourth-order valence-electron chi connectivity index (χ4n) is 3.56. The van der Waals surface area contributed by atoms with E-state index in [1.54, 1.807) is 29.8 Å². The van der Waals surface area contributed by atoms with Gasteiger partial charge in [0, 0.05) is 37.1 Å². The van der Waals surface area contributed by atoms with E-state index in [2.05, 4.69) is 32.8 Å². The Labute approximate surface area is 155 Å². The molecule has 134 valence electrons. The normalized spacial score (nSPS) is 14.8. The first-order chi connectivity index (χ1) is 12.5. The van der Waals surface area contributed by atoms with E-state index in [-0.39, 0.29) is 10.6 Å². The summed E-state index contributed by atoms with van der Waals surface area (Å²) in [6.07, 6.45) is 1.62. The molecule has 0 unspecified atom stereocenters. The number of aromatic nitrogens is 2. The zero-order chi connectivity index (χ0) is 18.3. The molecule has 1 saturated heterocycles. The number of anilines is 2. The molecule has 0 radical (unpaired) electrons. The number of nitrogens with zero attached hydrogens (tertiary/aromatic N) is 5. The first-order valence-corrected chi connectivity index (χ1v) is 9.31. The number of thiophene rings is 1. The van der Waals surface area contributed by atoms with Gasteiger partial charge in [-0.15, -0.1) is 11.3 Å². The van der Waals surface area contributed by atoms with Crippen LogP contribution in [0.1, 0.15) is 10.4 Å². The van der Waals surface area contributed by atoms with Crippen molar-refractivity contribution in [2.24, 2.45) is 0 Å². The minimum absolute atomic E-state index is 0.177. The first-order valence-electron chi connectivity index (χ1n) is 8.49. The highest BCUT2D eigenvalue weighted by Crippen LogP contribution is 2.34. The summed E-state index contributed by atoms with van der Waals surface area (Å²) >= 11 is 1.67. The number of para-hydroxylation sites is 1. The van der Waals surface area contributed by atoms with Crippen LogP contribution < -0.4 is 9.80 Å². The molecule has 0 bridgehead atoms. The lowest BCUT2D eigenvalue weighted by Gasteiger charge is -2.37. The van der Waals surface area contributed by atoms with E-state index in [9.17, 15) is 10.1 Å². The van der Waals surface area contributed by atoms with E-state index in [1.807, 2.05) is 13.0 Å². The summed E-state index contributed by atoms with van der Waals surface area (Å²) < 4.78 is 0. The Kier molecular flexibility index (Phi) is 4.20. The van der Waals surface area contributed by atoms with Crippen LogP contribution >= 0.6 is 11.3 Å². The smallest absolute Gasteiger partial charge is 0.292 e. The van der Waals surface area contributed by atoms with Crippen LogP contribution in [0.25, 0.3) is 10.2 Å². The Morgan fingerprint density at radius 2 is 1.85 bits per heavy atom. The zero-order valence-electron chi connectivity index (χ0n) is 14.7. The highest BCUT2D eigenvalue weighted by atomic mass is 32.1. The second kappa shape index (κ2) is 6.53. The van der Waals surface area contributed by atoms with Gasteiger partial charge in [-0.05, 0) is 25.5 Å². The maximum Gasteiger partial charge on any atom is 0.292 e. The molecule has 0 aliphatic carbocycles. The number of fused-ring (bicyclic) bond motifs is 1. The summed E-state index contributed by atoms with van der Waals surface area (Å²) in [5.41, 5.74) is 1.85. The third kappa shape index (κ3) is 2.86. The van der Waals surface area contributed by atoms with Crippen molar-refractivity contribution in [1.29, 1.82) is 0 Å². The second-order valence-corrected chi connectivity index (χ2v) is 7.68. The Bertz CT molecular complexity index is 979. The molecule has 1 fully saturated rings. The Morgan fingerprint density at radius 3 is 2.58 bits per heavy atom. The molecule has 0 N–H and O–H groups in total. The lowest BCUT2D eigenvalue weighted by molar-refractivity contribution is -0.384. The minimum Gasteiger partial charge on any atom is -0.362 e.